The third-order valence-electron chi connectivity index (χ3n) is 3.16. The van der Waals surface area contributed by atoms with Gasteiger partial charge in [0, 0.05) is 31.5 Å². The highest BCUT2D eigenvalue weighted by molar-refractivity contribution is 5.50. The standard InChI is InChI=1S/C16H20N2O/c1-12(17-14-6-10-16(19)11-7-14)13-4-8-15(9-5-13)18(2)3/h4-12,17,19H,1-3H3. The van der Waals surface area contributed by atoms with Crippen LogP contribution in [0, 0.1) is 0 Å². The van der Waals surface area contributed by atoms with Crippen molar-refractivity contribution in [3.63, 3.8) is 0 Å². The second kappa shape index (κ2) is 5.65. The molecule has 0 aromatic heterocycles. The van der Waals surface area contributed by atoms with Crippen LogP contribution >= 0.6 is 0 Å². The predicted octanol–water partition coefficient (Wildman–Crippen LogP) is 3.63. The highest BCUT2D eigenvalue weighted by Crippen LogP contribution is 2.22. The van der Waals surface area contributed by atoms with Crippen molar-refractivity contribution in [1.29, 1.82) is 0 Å². The van der Waals surface area contributed by atoms with Gasteiger partial charge in [-0.2, -0.15) is 0 Å². The summed E-state index contributed by atoms with van der Waals surface area (Å²) >= 11 is 0. The molecule has 3 heteroatoms. The Morgan fingerprint density at radius 1 is 0.947 bits per heavy atom. The van der Waals surface area contributed by atoms with Gasteiger partial charge in [-0.15, -0.1) is 0 Å². The maximum absolute atomic E-state index is 9.26. The molecule has 0 aliphatic carbocycles. The summed E-state index contributed by atoms with van der Waals surface area (Å²) in [4.78, 5) is 2.09. The number of benzene rings is 2. The van der Waals surface area contributed by atoms with Crippen LogP contribution in [-0.4, -0.2) is 19.2 Å². The average Bonchev–Trinajstić information content (AvgIpc) is 2.41. The van der Waals surface area contributed by atoms with Crippen LogP contribution in [0.15, 0.2) is 48.5 Å². The van der Waals surface area contributed by atoms with Crippen LogP contribution in [0.5, 0.6) is 5.75 Å². The zero-order valence-electron chi connectivity index (χ0n) is 11.6. The van der Waals surface area contributed by atoms with Gasteiger partial charge in [-0.3, -0.25) is 0 Å². The topological polar surface area (TPSA) is 35.5 Å². The van der Waals surface area contributed by atoms with Crippen LogP contribution in [0.4, 0.5) is 11.4 Å². The lowest BCUT2D eigenvalue weighted by molar-refractivity contribution is 0.475. The van der Waals surface area contributed by atoms with Gasteiger partial charge in [0.1, 0.15) is 5.75 Å². The fraction of sp³-hybridized carbons (Fsp3) is 0.250. The molecule has 3 nitrogen and oxygen atoms in total. The molecule has 1 atom stereocenters. The Morgan fingerprint density at radius 2 is 1.53 bits per heavy atom. The molecule has 2 aromatic carbocycles. The zero-order chi connectivity index (χ0) is 13.8. The molecule has 0 amide bonds. The highest BCUT2D eigenvalue weighted by atomic mass is 16.3. The number of rotatable bonds is 4. The summed E-state index contributed by atoms with van der Waals surface area (Å²) < 4.78 is 0. The van der Waals surface area contributed by atoms with Gasteiger partial charge in [-0.25, -0.2) is 0 Å². The molecule has 0 saturated heterocycles. The van der Waals surface area contributed by atoms with Gasteiger partial charge in [-0.05, 0) is 48.9 Å². The molecular formula is C16H20N2O. The lowest BCUT2D eigenvalue weighted by atomic mass is 10.1. The van der Waals surface area contributed by atoms with Crippen molar-refractivity contribution in [2.24, 2.45) is 0 Å². The van der Waals surface area contributed by atoms with Crippen molar-refractivity contribution in [2.45, 2.75) is 13.0 Å². The average molecular weight is 256 g/mol. The molecule has 0 bridgehead atoms. The Labute approximate surface area is 114 Å². The Hall–Kier alpha value is -2.16. The molecule has 0 aliphatic rings. The van der Waals surface area contributed by atoms with E-state index in [1.54, 1.807) is 12.1 Å². The molecule has 100 valence electrons. The summed E-state index contributed by atoms with van der Waals surface area (Å²) in [5, 5.41) is 12.7. The van der Waals surface area contributed by atoms with Crippen LogP contribution in [-0.2, 0) is 0 Å². The van der Waals surface area contributed by atoms with E-state index in [1.807, 2.05) is 26.2 Å². The number of phenols is 1. The van der Waals surface area contributed by atoms with E-state index in [2.05, 4.69) is 41.4 Å². The van der Waals surface area contributed by atoms with Crippen molar-refractivity contribution in [3.8, 4) is 5.75 Å². The van der Waals surface area contributed by atoms with E-state index in [1.165, 1.54) is 11.3 Å². The largest absolute Gasteiger partial charge is 0.508 e. The van der Waals surface area contributed by atoms with E-state index < -0.39 is 0 Å². The highest BCUT2D eigenvalue weighted by Gasteiger charge is 2.05. The van der Waals surface area contributed by atoms with Gasteiger partial charge in [0.05, 0.1) is 0 Å². The number of hydrogen-bond acceptors (Lipinski definition) is 3. The van der Waals surface area contributed by atoms with Gasteiger partial charge in [0.25, 0.3) is 0 Å². The van der Waals surface area contributed by atoms with Crippen molar-refractivity contribution in [2.75, 3.05) is 24.3 Å². The maximum atomic E-state index is 9.26. The lowest BCUT2D eigenvalue weighted by Gasteiger charge is -2.18. The van der Waals surface area contributed by atoms with E-state index in [4.69, 9.17) is 0 Å². The molecule has 0 saturated carbocycles. The minimum atomic E-state index is 0.223. The molecule has 19 heavy (non-hydrogen) atoms. The number of hydrogen-bond donors (Lipinski definition) is 2. The molecule has 2 rings (SSSR count). The number of nitrogens with zero attached hydrogens (tertiary/aromatic N) is 1. The normalized spacial score (nSPS) is 11.9. The molecule has 0 fully saturated rings. The Bertz CT molecular complexity index is 517. The molecule has 0 spiro atoms. The smallest absolute Gasteiger partial charge is 0.115 e. The SMILES string of the molecule is CC(Nc1ccc(O)cc1)c1ccc(N(C)C)cc1. The summed E-state index contributed by atoms with van der Waals surface area (Å²) in [5.74, 6) is 0.286. The number of aromatic hydroxyl groups is 1. The van der Waals surface area contributed by atoms with Gasteiger partial charge in [-0.1, -0.05) is 12.1 Å². The predicted molar refractivity (Wildman–Crippen MR) is 80.9 cm³/mol. The minimum Gasteiger partial charge on any atom is -0.508 e. The summed E-state index contributed by atoms with van der Waals surface area (Å²) in [6, 6.07) is 15.8. The van der Waals surface area contributed by atoms with E-state index in [0.29, 0.717) is 0 Å². The molecule has 1 unspecified atom stereocenters. The minimum absolute atomic E-state index is 0.223. The number of phenolic OH excluding ortho intramolecular Hbond substituents is 1. The molecule has 0 heterocycles. The van der Waals surface area contributed by atoms with Crippen molar-refractivity contribution < 1.29 is 5.11 Å². The third-order valence-corrected chi connectivity index (χ3v) is 3.16. The Kier molecular flexibility index (Phi) is 3.95. The first-order valence-electron chi connectivity index (χ1n) is 6.39. The second-order valence-corrected chi connectivity index (χ2v) is 4.90. The first-order chi connectivity index (χ1) is 9.06. The van der Waals surface area contributed by atoms with Crippen LogP contribution in [0.2, 0.25) is 0 Å². The maximum Gasteiger partial charge on any atom is 0.115 e. The summed E-state index contributed by atoms with van der Waals surface area (Å²) in [6.07, 6.45) is 0. The van der Waals surface area contributed by atoms with Crippen molar-refractivity contribution in [3.05, 3.63) is 54.1 Å². The molecular weight excluding hydrogens is 236 g/mol. The van der Waals surface area contributed by atoms with E-state index >= 15 is 0 Å². The third kappa shape index (κ3) is 3.41. The van der Waals surface area contributed by atoms with Crippen LogP contribution in [0.1, 0.15) is 18.5 Å². The second-order valence-electron chi connectivity index (χ2n) is 4.90. The summed E-state index contributed by atoms with van der Waals surface area (Å²) in [7, 11) is 4.07. The molecule has 2 aromatic rings. The fourth-order valence-electron chi connectivity index (χ4n) is 1.95. The molecule has 0 radical (unpaired) electrons. The first kappa shape index (κ1) is 13.3. The van der Waals surface area contributed by atoms with E-state index in [9.17, 15) is 5.11 Å². The van der Waals surface area contributed by atoms with E-state index in [-0.39, 0.29) is 11.8 Å². The monoisotopic (exact) mass is 256 g/mol. The molecule has 2 N–H and O–H groups in total. The Morgan fingerprint density at radius 3 is 2.05 bits per heavy atom. The van der Waals surface area contributed by atoms with Gasteiger partial charge in [0.2, 0.25) is 0 Å². The zero-order valence-corrected chi connectivity index (χ0v) is 11.6. The number of nitrogens with one attached hydrogen (secondary N) is 1. The van der Waals surface area contributed by atoms with Crippen molar-refractivity contribution >= 4 is 11.4 Å². The quantitative estimate of drug-likeness (QED) is 0.820. The first-order valence-corrected chi connectivity index (χ1v) is 6.39. The van der Waals surface area contributed by atoms with Crippen LogP contribution in [0.25, 0.3) is 0 Å². The van der Waals surface area contributed by atoms with Gasteiger partial charge in [0.15, 0.2) is 0 Å². The molecule has 0 aliphatic heterocycles. The van der Waals surface area contributed by atoms with Gasteiger partial charge >= 0.3 is 0 Å². The van der Waals surface area contributed by atoms with E-state index in [0.717, 1.165) is 5.69 Å². The van der Waals surface area contributed by atoms with Crippen LogP contribution < -0.4 is 10.2 Å². The van der Waals surface area contributed by atoms with Gasteiger partial charge < -0.3 is 15.3 Å². The number of anilines is 2. The fourth-order valence-corrected chi connectivity index (χ4v) is 1.95. The van der Waals surface area contributed by atoms with Crippen molar-refractivity contribution in [1.82, 2.24) is 0 Å². The van der Waals surface area contributed by atoms with Crippen LogP contribution in [0.3, 0.4) is 0 Å². The lowest BCUT2D eigenvalue weighted by Crippen LogP contribution is -2.10. The summed E-state index contributed by atoms with van der Waals surface area (Å²) in [5.41, 5.74) is 3.43. The summed E-state index contributed by atoms with van der Waals surface area (Å²) in [6.45, 7) is 2.12. The Balaban J connectivity index is 2.07.